The van der Waals surface area contributed by atoms with Crippen LogP contribution >= 0.6 is 0 Å². The van der Waals surface area contributed by atoms with Gasteiger partial charge in [-0.2, -0.15) is 4.90 Å². The molecule has 0 aliphatic rings. The number of hydrogen-bond donors (Lipinski definition) is 5. The average molecular weight is 592 g/mol. The molecule has 3 rings (SSSR count). The predicted octanol–water partition coefficient (Wildman–Crippen LogP) is 2.88. The highest BCUT2D eigenvalue weighted by Gasteiger charge is 2.38. The minimum absolute atomic E-state index is 0.0154. The summed E-state index contributed by atoms with van der Waals surface area (Å²) in [6.45, 7) is 0.0149. The van der Waals surface area contributed by atoms with Gasteiger partial charge in [-0.25, -0.2) is 15.4 Å². The van der Waals surface area contributed by atoms with Crippen LogP contribution in [0.15, 0.2) is 84.9 Å². The first-order chi connectivity index (χ1) is 20.8. The summed E-state index contributed by atoms with van der Waals surface area (Å²) in [5.74, 6) is 3.92. The predicted molar refractivity (Wildman–Crippen MR) is 158 cm³/mol. The summed E-state index contributed by atoms with van der Waals surface area (Å²) in [6, 6.07) is 21.2. The second-order valence-electron chi connectivity index (χ2n) is 9.69. The number of carbonyl (C=O) groups excluding carboxylic acids is 4. The molecule has 7 N–H and O–H groups in total. The highest BCUT2D eigenvalue weighted by molar-refractivity contribution is 5.97. The summed E-state index contributed by atoms with van der Waals surface area (Å²) in [6.07, 6.45) is -1.24. The molecule has 12 heteroatoms. The van der Waals surface area contributed by atoms with E-state index in [9.17, 15) is 24.3 Å². The van der Waals surface area contributed by atoms with Crippen molar-refractivity contribution in [3.63, 3.8) is 0 Å². The highest BCUT2D eigenvalue weighted by atomic mass is 16.6. The third-order valence-corrected chi connectivity index (χ3v) is 6.50. The van der Waals surface area contributed by atoms with Crippen molar-refractivity contribution in [1.82, 2.24) is 15.6 Å². The van der Waals surface area contributed by atoms with E-state index >= 15 is 0 Å². The van der Waals surface area contributed by atoms with E-state index in [1.165, 1.54) is 12.1 Å². The van der Waals surface area contributed by atoms with Crippen molar-refractivity contribution < 1.29 is 33.8 Å². The summed E-state index contributed by atoms with van der Waals surface area (Å²) < 4.78 is 10.9. The van der Waals surface area contributed by atoms with Crippen molar-refractivity contribution in [1.29, 1.82) is 0 Å². The molecular formula is C31H37N5O7. The summed E-state index contributed by atoms with van der Waals surface area (Å²) in [4.78, 5) is 53.9. The van der Waals surface area contributed by atoms with Crippen molar-refractivity contribution >= 4 is 24.0 Å². The Labute approximate surface area is 249 Å². The molecule has 0 aromatic heterocycles. The van der Waals surface area contributed by atoms with Gasteiger partial charge in [-0.05, 0) is 54.6 Å². The zero-order valence-corrected chi connectivity index (χ0v) is 23.7. The SMILES string of the molecule is NCCCC[C@H](C(=O)N[C@@H](Cc1ccc(O)cc1)C(=O)NN)N(C(=O)OCc1ccccc1)C(=O)OCc1ccccc1. The van der Waals surface area contributed by atoms with Gasteiger partial charge in [0.1, 0.15) is 31.0 Å². The molecule has 12 nitrogen and oxygen atoms in total. The zero-order valence-electron chi connectivity index (χ0n) is 23.7. The van der Waals surface area contributed by atoms with E-state index in [1.54, 1.807) is 60.7 Å². The number of hydrogen-bond acceptors (Lipinski definition) is 9. The Morgan fingerprint density at radius 1 is 0.744 bits per heavy atom. The van der Waals surface area contributed by atoms with Crippen LogP contribution in [0, 0.1) is 0 Å². The molecular weight excluding hydrogens is 554 g/mol. The molecule has 0 bridgehead atoms. The van der Waals surface area contributed by atoms with Crippen LogP contribution in [0.25, 0.3) is 0 Å². The minimum atomic E-state index is -1.40. The third-order valence-electron chi connectivity index (χ3n) is 6.50. The van der Waals surface area contributed by atoms with Crippen LogP contribution in [-0.2, 0) is 38.7 Å². The first kappa shape index (κ1) is 32.6. The molecule has 228 valence electrons. The number of nitrogens with zero attached hydrogens (tertiary/aromatic N) is 1. The van der Waals surface area contributed by atoms with Gasteiger partial charge >= 0.3 is 12.2 Å². The number of carbonyl (C=O) groups is 4. The molecule has 0 saturated carbocycles. The Morgan fingerprint density at radius 3 is 1.77 bits per heavy atom. The maximum Gasteiger partial charge on any atom is 0.420 e. The van der Waals surface area contributed by atoms with Gasteiger partial charge < -0.3 is 25.6 Å². The Morgan fingerprint density at radius 2 is 1.28 bits per heavy atom. The van der Waals surface area contributed by atoms with Gasteiger partial charge in [0.05, 0.1) is 0 Å². The third kappa shape index (κ3) is 10.4. The second-order valence-corrected chi connectivity index (χ2v) is 9.69. The number of ether oxygens (including phenoxy) is 2. The molecule has 0 fully saturated rings. The Balaban J connectivity index is 1.88. The van der Waals surface area contributed by atoms with Crippen LogP contribution in [0.3, 0.4) is 0 Å². The van der Waals surface area contributed by atoms with Gasteiger partial charge in [0.25, 0.3) is 5.91 Å². The van der Waals surface area contributed by atoms with Crippen molar-refractivity contribution in [3.05, 3.63) is 102 Å². The fourth-order valence-electron chi connectivity index (χ4n) is 4.21. The lowest BCUT2D eigenvalue weighted by Gasteiger charge is -2.29. The Bertz CT molecular complexity index is 1270. The zero-order chi connectivity index (χ0) is 31.0. The molecule has 0 aliphatic carbocycles. The van der Waals surface area contributed by atoms with Crippen LogP contribution in [0.4, 0.5) is 9.59 Å². The number of nitrogens with two attached hydrogens (primary N) is 2. The van der Waals surface area contributed by atoms with Crippen LogP contribution in [0.5, 0.6) is 5.75 Å². The van der Waals surface area contributed by atoms with Crippen LogP contribution in [-0.4, -0.2) is 52.6 Å². The van der Waals surface area contributed by atoms with E-state index in [4.69, 9.17) is 21.1 Å². The standard InChI is InChI=1S/C31H37N5O7/c32-18-8-7-13-27(29(39)34-26(28(38)35-33)19-22-14-16-25(37)17-15-22)36(30(40)42-20-23-9-3-1-4-10-23)31(41)43-21-24-11-5-2-6-12-24/h1-6,9-12,14-17,26-27,37H,7-8,13,18-21,32-33H2,(H,34,39)(H,35,38)/t26-,27+/m0/s1. The summed E-state index contributed by atoms with van der Waals surface area (Å²) in [7, 11) is 0. The van der Waals surface area contributed by atoms with Gasteiger partial charge in [-0.1, -0.05) is 72.8 Å². The first-order valence-electron chi connectivity index (χ1n) is 13.8. The molecule has 3 aromatic carbocycles. The molecule has 0 heterocycles. The summed E-state index contributed by atoms with van der Waals surface area (Å²) in [5, 5.41) is 12.2. The molecule has 0 unspecified atom stereocenters. The lowest BCUT2D eigenvalue weighted by atomic mass is 10.0. The van der Waals surface area contributed by atoms with E-state index in [2.05, 4.69) is 5.32 Å². The lowest BCUT2D eigenvalue weighted by molar-refractivity contribution is -0.131. The summed E-state index contributed by atoms with van der Waals surface area (Å²) >= 11 is 0. The van der Waals surface area contributed by atoms with Gasteiger partial charge in [-0.15, -0.1) is 0 Å². The number of aromatic hydroxyl groups is 1. The highest BCUT2D eigenvalue weighted by Crippen LogP contribution is 2.17. The van der Waals surface area contributed by atoms with Crippen molar-refractivity contribution in [2.75, 3.05) is 6.54 Å². The molecule has 0 spiro atoms. The monoisotopic (exact) mass is 591 g/mol. The second kappa shape index (κ2) is 17.1. The Kier molecular flexibility index (Phi) is 13.0. The normalized spacial score (nSPS) is 12.0. The number of amides is 4. The largest absolute Gasteiger partial charge is 0.508 e. The van der Waals surface area contributed by atoms with E-state index < -0.39 is 36.1 Å². The molecule has 0 aliphatic heterocycles. The average Bonchev–Trinajstić information content (AvgIpc) is 3.03. The number of rotatable bonds is 14. The molecule has 0 radical (unpaired) electrons. The van der Waals surface area contributed by atoms with Crippen LogP contribution in [0.1, 0.15) is 36.0 Å². The number of hydrazine groups is 1. The minimum Gasteiger partial charge on any atom is -0.508 e. The Hall–Kier alpha value is -4.94. The number of unbranched alkanes of at least 4 members (excludes halogenated alkanes) is 1. The number of phenols is 1. The van der Waals surface area contributed by atoms with E-state index in [0.29, 0.717) is 41.0 Å². The van der Waals surface area contributed by atoms with Gasteiger partial charge in [0, 0.05) is 6.42 Å². The molecule has 43 heavy (non-hydrogen) atoms. The number of imide groups is 1. The van der Waals surface area contributed by atoms with Gasteiger partial charge in [0.2, 0.25) is 5.91 Å². The molecule has 4 amide bonds. The van der Waals surface area contributed by atoms with Crippen molar-refractivity contribution in [2.45, 2.75) is 51.0 Å². The quantitative estimate of drug-likeness (QED) is 0.0813. The van der Waals surface area contributed by atoms with E-state index in [-0.39, 0.29) is 31.8 Å². The topological polar surface area (TPSA) is 186 Å². The van der Waals surface area contributed by atoms with E-state index in [0.717, 1.165) is 0 Å². The molecule has 2 atom stereocenters. The summed E-state index contributed by atoms with van der Waals surface area (Å²) in [5.41, 5.74) is 9.66. The number of nitrogens with one attached hydrogen (secondary N) is 2. The van der Waals surface area contributed by atoms with E-state index in [1.807, 2.05) is 17.6 Å². The maximum atomic E-state index is 13.8. The maximum absolute atomic E-state index is 13.8. The number of phenolic OH excluding ortho intramolecular Hbond substituents is 1. The fourth-order valence-corrected chi connectivity index (χ4v) is 4.21. The van der Waals surface area contributed by atoms with Crippen LogP contribution in [0.2, 0.25) is 0 Å². The van der Waals surface area contributed by atoms with Crippen LogP contribution < -0.4 is 22.3 Å². The van der Waals surface area contributed by atoms with Gasteiger partial charge in [-0.3, -0.25) is 15.0 Å². The lowest BCUT2D eigenvalue weighted by Crippen LogP contribution is -2.57. The van der Waals surface area contributed by atoms with Gasteiger partial charge in [0.15, 0.2) is 0 Å². The molecule has 3 aromatic rings. The smallest absolute Gasteiger partial charge is 0.420 e. The first-order valence-corrected chi connectivity index (χ1v) is 13.8. The van der Waals surface area contributed by atoms with Crippen molar-refractivity contribution in [2.24, 2.45) is 11.6 Å². The van der Waals surface area contributed by atoms with Crippen molar-refractivity contribution in [3.8, 4) is 5.75 Å². The fraction of sp³-hybridized carbons (Fsp3) is 0.290. The number of benzene rings is 3. The molecule has 0 saturated heterocycles.